The molecule has 1 aliphatic carbocycles. The third-order valence-corrected chi connectivity index (χ3v) is 4.99. The summed E-state index contributed by atoms with van der Waals surface area (Å²) < 4.78 is 19.0. The van der Waals surface area contributed by atoms with Crippen LogP contribution in [0.4, 0.5) is 9.18 Å². The van der Waals surface area contributed by atoms with Crippen molar-refractivity contribution < 1.29 is 18.7 Å². The number of primary amides is 1. The average molecular weight is 415 g/mol. The van der Waals surface area contributed by atoms with Crippen LogP contribution < -0.4 is 11.1 Å². The first-order valence-corrected chi connectivity index (χ1v) is 9.03. The molecule has 1 aromatic rings. The van der Waals surface area contributed by atoms with E-state index in [0.717, 1.165) is 5.56 Å². The van der Waals surface area contributed by atoms with Gasteiger partial charge in [0, 0.05) is 6.04 Å². The summed E-state index contributed by atoms with van der Waals surface area (Å²) in [6.45, 7) is 5.38. The molecule has 0 spiro atoms. The Bertz CT molecular complexity index is 675. The lowest BCUT2D eigenvalue weighted by Crippen LogP contribution is -2.41. The van der Waals surface area contributed by atoms with Gasteiger partial charge in [-0.25, -0.2) is 9.18 Å². The zero-order valence-corrected chi connectivity index (χ0v) is 16.3. The van der Waals surface area contributed by atoms with Gasteiger partial charge in [-0.05, 0) is 80.1 Å². The highest BCUT2D eigenvalue weighted by atomic mass is 79.9. The molecule has 2 amide bonds. The van der Waals surface area contributed by atoms with Crippen molar-refractivity contribution in [2.24, 2.45) is 11.1 Å². The molecule has 0 heterocycles. The van der Waals surface area contributed by atoms with Gasteiger partial charge in [0.05, 0.1) is 9.89 Å². The van der Waals surface area contributed by atoms with Gasteiger partial charge in [0.25, 0.3) is 0 Å². The first-order chi connectivity index (χ1) is 11.5. The second-order valence-electron chi connectivity index (χ2n) is 7.66. The van der Waals surface area contributed by atoms with Gasteiger partial charge < -0.3 is 15.8 Å². The number of hydrogen-bond acceptors (Lipinski definition) is 3. The highest BCUT2D eigenvalue weighted by Gasteiger charge is 2.44. The molecule has 25 heavy (non-hydrogen) atoms. The molecule has 0 saturated heterocycles. The van der Waals surface area contributed by atoms with Crippen LogP contribution in [0.25, 0.3) is 0 Å². The fourth-order valence-electron chi connectivity index (χ4n) is 3.24. The fourth-order valence-corrected chi connectivity index (χ4v) is 3.66. The predicted molar refractivity (Wildman–Crippen MR) is 96.4 cm³/mol. The monoisotopic (exact) mass is 414 g/mol. The minimum atomic E-state index is -0.753. The largest absolute Gasteiger partial charge is 0.444 e. The molecule has 0 bridgehead atoms. The number of carbonyl (C=O) groups excluding carboxylic acids is 2. The number of halogens is 2. The lowest BCUT2D eigenvalue weighted by molar-refractivity contribution is -0.127. The van der Waals surface area contributed by atoms with Crippen LogP contribution in [0.3, 0.4) is 0 Å². The van der Waals surface area contributed by atoms with E-state index in [-0.39, 0.29) is 11.9 Å². The Morgan fingerprint density at radius 3 is 2.68 bits per heavy atom. The molecule has 2 atom stereocenters. The van der Waals surface area contributed by atoms with E-state index in [1.165, 1.54) is 6.07 Å². The van der Waals surface area contributed by atoms with Gasteiger partial charge in [0.1, 0.15) is 11.4 Å². The van der Waals surface area contributed by atoms with Crippen LogP contribution in [0.1, 0.15) is 45.6 Å². The Hall–Kier alpha value is -1.63. The van der Waals surface area contributed by atoms with Gasteiger partial charge in [-0.15, -0.1) is 0 Å². The third kappa shape index (κ3) is 5.17. The first kappa shape index (κ1) is 19.7. The molecule has 5 nitrogen and oxygen atoms in total. The third-order valence-electron chi connectivity index (χ3n) is 4.38. The van der Waals surface area contributed by atoms with Crippen LogP contribution in [-0.2, 0) is 16.0 Å². The number of nitrogens with one attached hydrogen (secondary N) is 1. The lowest BCUT2D eigenvalue weighted by atomic mass is 9.79. The Morgan fingerprint density at radius 2 is 2.12 bits per heavy atom. The van der Waals surface area contributed by atoms with Crippen LogP contribution in [0.2, 0.25) is 0 Å². The van der Waals surface area contributed by atoms with Crippen molar-refractivity contribution in [3.8, 4) is 0 Å². The molecule has 0 aliphatic heterocycles. The van der Waals surface area contributed by atoms with Crippen molar-refractivity contribution in [3.63, 3.8) is 0 Å². The minimum Gasteiger partial charge on any atom is -0.444 e. The Morgan fingerprint density at radius 1 is 1.44 bits per heavy atom. The Kier molecular flexibility index (Phi) is 5.76. The predicted octanol–water partition coefficient (Wildman–Crippen LogP) is 3.68. The van der Waals surface area contributed by atoms with Gasteiger partial charge in [-0.3, -0.25) is 4.79 Å². The summed E-state index contributed by atoms with van der Waals surface area (Å²) in [5, 5.41) is 2.81. The highest BCUT2D eigenvalue weighted by molar-refractivity contribution is 9.10. The molecule has 3 N–H and O–H groups in total. The van der Waals surface area contributed by atoms with Gasteiger partial charge in [-0.2, -0.15) is 0 Å². The molecule has 1 saturated carbocycles. The molecule has 2 rings (SSSR count). The molecule has 1 fully saturated rings. The smallest absolute Gasteiger partial charge is 0.407 e. The van der Waals surface area contributed by atoms with Gasteiger partial charge in [0.15, 0.2) is 0 Å². The van der Waals surface area contributed by atoms with Gasteiger partial charge >= 0.3 is 6.09 Å². The number of carbonyl (C=O) groups is 2. The number of nitrogens with two attached hydrogens (primary N) is 1. The van der Waals surface area contributed by atoms with Crippen molar-refractivity contribution in [1.82, 2.24) is 5.32 Å². The van der Waals surface area contributed by atoms with E-state index < -0.39 is 23.0 Å². The van der Waals surface area contributed by atoms with Crippen LogP contribution >= 0.6 is 15.9 Å². The van der Waals surface area contributed by atoms with Crippen molar-refractivity contribution >= 4 is 27.9 Å². The quantitative estimate of drug-likeness (QED) is 0.787. The summed E-state index contributed by atoms with van der Waals surface area (Å²) in [6.07, 6.45) is 1.56. The molecular formula is C18H24BrFN2O3. The minimum absolute atomic E-state index is 0.175. The second-order valence-corrected chi connectivity index (χ2v) is 8.51. The summed E-state index contributed by atoms with van der Waals surface area (Å²) >= 11 is 3.16. The van der Waals surface area contributed by atoms with Gasteiger partial charge in [0.2, 0.25) is 5.91 Å². The van der Waals surface area contributed by atoms with Crippen LogP contribution in [0.5, 0.6) is 0 Å². The van der Waals surface area contributed by atoms with Gasteiger partial charge in [-0.1, -0.05) is 6.07 Å². The second kappa shape index (κ2) is 7.32. The maximum atomic E-state index is 13.4. The fraction of sp³-hybridized carbons (Fsp3) is 0.556. The summed E-state index contributed by atoms with van der Waals surface area (Å²) in [4.78, 5) is 24.1. The van der Waals surface area contributed by atoms with Crippen molar-refractivity contribution in [1.29, 1.82) is 0 Å². The first-order valence-electron chi connectivity index (χ1n) is 8.24. The molecule has 1 aromatic carbocycles. The van der Waals surface area contributed by atoms with Crippen molar-refractivity contribution in [2.45, 2.75) is 58.1 Å². The summed E-state index contributed by atoms with van der Waals surface area (Å²) in [7, 11) is 0. The van der Waals surface area contributed by atoms with E-state index in [2.05, 4.69) is 21.2 Å². The number of hydrogen-bond donors (Lipinski definition) is 2. The number of alkyl carbamates (subject to hydrolysis) is 1. The number of rotatable bonds is 4. The molecule has 0 radical (unpaired) electrons. The lowest BCUT2D eigenvalue weighted by Gasteiger charge is -2.26. The molecule has 7 heteroatoms. The summed E-state index contributed by atoms with van der Waals surface area (Å²) in [6, 6.07) is 4.50. The number of amides is 2. The van der Waals surface area contributed by atoms with E-state index in [1.54, 1.807) is 32.9 Å². The van der Waals surface area contributed by atoms with E-state index in [9.17, 15) is 14.0 Å². The Labute approximate surface area is 155 Å². The molecule has 0 aromatic heterocycles. The van der Waals surface area contributed by atoms with E-state index in [4.69, 9.17) is 10.5 Å². The van der Waals surface area contributed by atoms with Crippen LogP contribution in [0.15, 0.2) is 22.7 Å². The molecular weight excluding hydrogens is 391 g/mol. The zero-order valence-electron chi connectivity index (χ0n) is 14.7. The van der Waals surface area contributed by atoms with Crippen molar-refractivity contribution in [3.05, 3.63) is 34.1 Å². The van der Waals surface area contributed by atoms with E-state index in [0.29, 0.717) is 30.2 Å². The molecule has 138 valence electrons. The molecule has 1 aliphatic rings. The topological polar surface area (TPSA) is 81.4 Å². The van der Waals surface area contributed by atoms with E-state index in [1.807, 2.05) is 0 Å². The zero-order chi connectivity index (χ0) is 18.8. The standard InChI is InChI=1S/C18H24BrFN2O3/c1-17(2,3)25-16(24)22-12-6-7-18(10-12,15(21)23)9-11-4-5-14(20)13(19)8-11/h4-5,8,12H,6-7,9-10H2,1-3H3,(H2,21,23)(H,22,24)/t12-,18+/m0/s1. The maximum Gasteiger partial charge on any atom is 0.407 e. The van der Waals surface area contributed by atoms with Crippen LogP contribution in [-0.4, -0.2) is 23.6 Å². The maximum absolute atomic E-state index is 13.4. The van der Waals surface area contributed by atoms with E-state index >= 15 is 0 Å². The average Bonchev–Trinajstić information content (AvgIpc) is 2.85. The summed E-state index contributed by atoms with van der Waals surface area (Å²) in [5.41, 5.74) is 5.17. The number of ether oxygens (including phenoxy) is 1. The SMILES string of the molecule is CC(C)(C)OC(=O)N[C@H]1CC[C@](Cc2ccc(F)c(Br)c2)(C(N)=O)C1. The molecule has 0 unspecified atom stereocenters. The van der Waals surface area contributed by atoms with Crippen LogP contribution in [0, 0.1) is 11.2 Å². The number of benzene rings is 1. The highest BCUT2D eigenvalue weighted by Crippen LogP contribution is 2.41. The normalized spacial score (nSPS) is 23.3. The van der Waals surface area contributed by atoms with Crippen molar-refractivity contribution in [2.75, 3.05) is 0 Å². The summed E-state index contributed by atoms with van der Waals surface area (Å²) in [5.74, 6) is -0.755. The Balaban J connectivity index is 2.07.